The van der Waals surface area contributed by atoms with Gasteiger partial charge in [-0.25, -0.2) is 9.31 Å². The Bertz CT molecular complexity index is 1380. The molecule has 204 valence electrons. The van der Waals surface area contributed by atoms with E-state index >= 15 is 0 Å². The van der Waals surface area contributed by atoms with Crippen molar-refractivity contribution < 1.29 is 14.3 Å². The first kappa shape index (κ1) is 25.4. The highest BCUT2D eigenvalue weighted by molar-refractivity contribution is 5.94. The number of carbonyl (C=O) groups is 2. The van der Waals surface area contributed by atoms with Crippen LogP contribution in [0.4, 0.5) is 16.4 Å². The van der Waals surface area contributed by atoms with E-state index in [9.17, 15) is 9.59 Å². The number of anilines is 2. The Morgan fingerprint density at radius 3 is 2.59 bits per heavy atom. The smallest absolute Gasteiger partial charge is 0.410 e. The number of rotatable bonds is 5. The predicted octanol–water partition coefficient (Wildman–Crippen LogP) is 4.08. The number of amides is 2. The van der Waals surface area contributed by atoms with E-state index in [4.69, 9.17) is 9.72 Å². The molecule has 10 heteroatoms. The third-order valence-corrected chi connectivity index (χ3v) is 8.17. The van der Waals surface area contributed by atoms with Gasteiger partial charge in [-0.05, 0) is 87.5 Å². The van der Waals surface area contributed by atoms with Gasteiger partial charge >= 0.3 is 6.09 Å². The fraction of sp³-hybridized carbons (Fsp3) is 0.448. The molecule has 0 atom stereocenters. The largest absolute Gasteiger partial charge is 0.450 e. The first-order valence-electron chi connectivity index (χ1n) is 13.9. The van der Waals surface area contributed by atoms with Crippen LogP contribution in [-0.2, 0) is 4.74 Å². The number of ether oxygens (including phenoxy) is 1. The molecule has 3 aromatic rings. The minimum atomic E-state index is -0.279. The molecule has 0 unspecified atom stereocenters. The van der Waals surface area contributed by atoms with Gasteiger partial charge in [0.25, 0.3) is 5.91 Å². The van der Waals surface area contributed by atoms with E-state index in [0.717, 1.165) is 61.4 Å². The van der Waals surface area contributed by atoms with Gasteiger partial charge in [0.2, 0.25) is 5.95 Å². The number of carbonyl (C=O) groups excluding carboxylic acids is 2. The van der Waals surface area contributed by atoms with E-state index < -0.39 is 0 Å². The maximum atomic E-state index is 13.1. The minimum absolute atomic E-state index is 0.0900. The van der Waals surface area contributed by atoms with Gasteiger partial charge in [-0.3, -0.25) is 4.79 Å². The highest BCUT2D eigenvalue weighted by Gasteiger charge is 2.37. The molecule has 2 N–H and O–H groups in total. The van der Waals surface area contributed by atoms with Crippen LogP contribution in [0.15, 0.2) is 48.7 Å². The van der Waals surface area contributed by atoms with E-state index in [-0.39, 0.29) is 17.5 Å². The SMILES string of the molecule is CCOC(=O)N1CC=C(c2cccn3nc(Nc4ccc(C(=O)N5CCC6(CCCN6)CC5)cc4)nc23)CC1. The van der Waals surface area contributed by atoms with E-state index in [1.807, 2.05) is 54.4 Å². The first-order chi connectivity index (χ1) is 19.0. The van der Waals surface area contributed by atoms with Crippen LogP contribution < -0.4 is 10.6 Å². The Labute approximate surface area is 228 Å². The van der Waals surface area contributed by atoms with Gasteiger partial charge in [0, 0.05) is 54.7 Å². The topological polar surface area (TPSA) is 104 Å². The number of piperidine rings is 1. The molecule has 2 aromatic heterocycles. The summed E-state index contributed by atoms with van der Waals surface area (Å²) in [6, 6.07) is 11.5. The number of nitrogens with one attached hydrogen (secondary N) is 2. The average molecular weight is 530 g/mol. The average Bonchev–Trinajstić information content (AvgIpc) is 3.60. The summed E-state index contributed by atoms with van der Waals surface area (Å²) in [7, 11) is 0. The molecule has 1 aromatic carbocycles. The van der Waals surface area contributed by atoms with Crippen LogP contribution >= 0.6 is 0 Å². The minimum Gasteiger partial charge on any atom is -0.450 e. The van der Waals surface area contributed by atoms with Crippen molar-refractivity contribution in [2.24, 2.45) is 0 Å². The molecule has 2 amide bonds. The van der Waals surface area contributed by atoms with Crippen molar-refractivity contribution in [3.63, 3.8) is 0 Å². The summed E-state index contributed by atoms with van der Waals surface area (Å²) in [6.07, 6.45) is 8.88. The first-order valence-corrected chi connectivity index (χ1v) is 13.9. The van der Waals surface area contributed by atoms with Crippen LogP contribution in [0.3, 0.4) is 0 Å². The fourth-order valence-corrected chi connectivity index (χ4v) is 5.95. The molecule has 0 aliphatic carbocycles. The van der Waals surface area contributed by atoms with Crippen LogP contribution in [-0.4, -0.2) is 81.3 Å². The zero-order valence-electron chi connectivity index (χ0n) is 22.4. The number of hydrogen-bond acceptors (Lipinski definition) is 7. The van der Waals surface area contributed by atoms with Crippen LogP contribution in [0.2, 0.25) is 0 Å². The molecule has 2 saturated heterocycles. The Kier molecular flexibility index (Phi) is 6.95. The Hall–Kier alpha value is -3.92. The second-order valence-electron chi connectivity index (χ2n) is 10.6. The monoisotopic (exact) mass is 529 g/mol. The summed E-state index contributed by atoms with van der Waals surface area (Å²) in [4.78, 5) is 33.5. The second-order valence-corrected chi connectivity index (χ2v) is 10.6. The molecule has 10 nitrogen and oxygen atoms in total. The van der Waals surface area contributed by atoms with E-state index in [1.165, 1.54) is 12.8 Å². The summed E-state index contributed by atoms with van der Waals surface area (Å²) < 4.78 is 6.88. The summed E-state index contributed by atoms with van der Waals surface area (Å²) >= 11 is 0. The van der Waals surface area contributed by atoms with Gasteiger partial charge < -0.3 is 25.2 Å². The molecule has 0 radical (unpaired) electrons. The number of hydrogen-bond donors (Lipinski definition) is 2. The fourth-order valence-electron chi connectivity index (χ4n) is 5.95. The third kappa shape index (κ3) is 5.21. The lowest BCUT2D eigenvalue weighted by molar-refractivity contribution is 0.0657. The van der Waals surface area contributed by atoms with Gasteiger partial charge in [-0.15, -0.1) is 5.10 Å². The van der Waals surface area contributed by atoms with Crippen molar-refractivity contribution in [3.05, 3.63) is 59.8 Å². The lowest BCUT2D eigenvalue weighted by Gasteiger charge is -2.39. The molecular formula is C29H35N7O3. The number of benzene rings is 1. The Morgan fingerprint density at radius 1 is 1.08 bits per heavy atom. The van der Waals surface area contributed by atoms with Crippen molar-refractivity contribution in [2.45, 2.75) is 44.6 Å². The Morgan fingerprint density at radius 2 is 1.90 bits per heavy atom. The number of fused-ring (bicyclic) bond motifs is 1. The maximum Gasteiger partial charge on any atom is 0.410 e. The van der Waals surface area contributed by atoms with E-state index in [2.05, 4.69) is 21.8 Å². The van der Waals surface area contributed by atoms with Crippen molar-refractivity contribution in [2.75, 3.05) is 44.6 Å². The molecule has 0 saturated carbocycles. The quantitative estimate of drug-likeness (QED) is 0.513. The Balaban J connectivity index is 1.11. The molecule has 3 aliphatic rings. The van der Waals surface area contributed by atoms with Gasteiger partial charge in [0.05, 0.1) is 6.61 Å². The van der Waals surface area contributed by atoms with E-state index in [0.29, 0.717) is 31.2 Å². The molecule has 3 aliphatic heterocycles. The highest BCUT2D eigenvalue weighted by Crippen LogP contribution is 2.31. The van der Waals surface area contributed by atoms with E-state index in [1.54, 1.807) is 9.42 Å². The van der Waals surface area contributed by atoms with Crippen molar-refractivity contribution in [3.8, 4) is 0 Å². The molecule has 1 spiro atoms. The van der Waals surface area contributed by atoms with Crippen LogP contribution in [0.5, 0.6) is 0 Å². The van der Waals surface area contributed by atoms with Crippen molar-refractivity contribution in [1.29, 1.82) is 0 Å². The molecule has 5 heterocycles. The molecule has 6 rings (SSSR count). The predicted molar refractivity (Wildman–Crippen MR) is 149 cm³/mol. The number of nitrogens with zero attached hydrogens (tertiary/aromatic N) is 5. The lowest BCUT2D eigenvalue weighted by atomic mass is 9.86. The summed E-state index contributed by atoms with van der Waals surface area (Å²) in [5, 5.41) is 11.5. The maximum absolute atomic E-state index is 13.1. The van der Waals surface area contributed by atoms with Crippen molar-refractivity contribution >= 4 is 34.9 Å². The zero-order chi connectivity index (χ0) is 26.8. The van der Waals surface area contributed by atoms with Crippen molar-refractivity contribution in [1.82, 2.24) is 29.7 Å². The standard InChI is InChI=1S/C29H35N7O3/c1-2-39-28(38)35-17-10-21(11-18-35)24-5-3-16-36-25(24)32-27(33-36)31-23-8-6-22(7-9-23)26(37)34-19-13-29(14-20-34)12-4-15-30-29/h3,5-10,16,30H,2,4,11-15,17-20H2,1H3,(H,31,33). The normalized spacial score (nSPS) is 18.8. The summed E-state index contributed by atoms with van der Waals surface area (Å²) in [6.45, 7) is 6.00. The van der Waals surface area contributed by atoms with Crippen LogP contribution in [0.1, 0.15) is 54.9 Å². The number of aromatic nitrogens is 3. The third-order valence-electron chi connectivity index (χ3n) is 8.17. The van der Waals surface area contributed by atoms with Crippen LogP contribution in [0, 0.1) is 0 Å². The number of pyridine rings is 1. The van der Waals surface area contributed by atoms with Gasteiger partial charge in [0.15, 0.2) is 5.65 Å². The highest BCUT2D eigenvalue weighted by atomic mass is 16.6. The van der Waals surface area contributed by atoms with Gasteiger partial charge in [-0.1, -0.05) is 6.08 Å². The molecular weight excluding hydrogens is 494 g/mol. The number of likely N-dealkylation sites (tertiary alicyclic amines) is 1. The molecule has 0 bridgehead atoms. The summed E-state index contributed by atoms with van der Waals surface area (Å²) in [5.41, 5.74) is 4.65. The lowest BCUT2D eigenvalue weighted by Crippen LogP contribution is -2.51. The van der Waals surface area contributed by atoms with Gasteiger partial charge in [-0.2, -0.15) is 4.98 Å². The molecule has 2 fully saturated rings. The second kappa shape index (κ2) is 10.7. The molecule has 39 heavy (non-hydrogen) atoms. The zero-order valence-corrected chi connectivity index (χ0v) is 22.4. The van der Waals surface area contributed by atoms with Gasteiger partial charge in [0.1, 0.15) is 0 Å². The van der Waals surface area contributed by atoms with Crippen LogP contribution in [0.25, 0.3) is 11.2 Å². The summed E-state index contributed by atoms with van der Waals surface area (Å²) in [5.74, 6) is 0.573.